The zero-order chi connectivity index (χ0) is 13.8. The summed E-state index contributed by atoms with van der Waals surface area (Å²) in [6, 6.07) is 0. The van der Waals surface area contributed by atoms with Crippen molar-refractivity contribution in [2.24, 2.45) is 5.73 Å². The molecule has 0 unspecified atom stereocenters. The van der Waals surface area contributed by atoms with Gasteiger partial charge in [0, 0.05) is 25.9 Å². The van der Waals surface area contributed by atoms with Gasteiger partial charge >= 0.3 is 0 Å². The van der Waals surface area contributed by atoms with Crippen LogP contribution in [0.1, 0.15) is 39.5 Å². The van der Waals surface area contributed by atoms with Gasteiger partial charge in [-0.1, -0.05) is 0 Å². The lowest BCUT2D eigenvalue weighted by atomic mass is 10.0. The van der Waals surface area contributed by atoms with E-state index in [1.54, 1.807) is 18.7 Å². The number of hydrogen-bond donors (Lipinski definition) is 2. The molecular weight excluding hydrogens is 234 g/mol. The van der Waals surface area contributed by atoms with Gasteiger partial charge in [-0.25, -0.2) is 0 Å². The topological polar surface area (TPSA) is 92.5 Å². The maximum absolute atomic E-state index is 11.7. The Labute approximate surface area is 107 Å². The maximum atomic E-state index is 11.7. The van der Waals surface area contributed by atoms with Crippen molar-refractivity contribution in [1.82, 2.24) is 10.2 Å². The summed E-state index contributed by atoms with van der Waals surface area (Å²) in [6.07, 6.45) is 2.67. The van der Waals surface area contributed by atoms with Gasteiger partial charge in [0.15, 0.2) is 0 Å². The smallest absolute Gasteiger partial charge is 0.242 e. The summed E-state index contributed by atoms with van der Waals surface area (Å²) in [6.45, 7) is 4.23. The molecule has 1 heterocycles. The van der Waals surface area contributed by atoms with E-state index in [2.05, 4.69) is 5.32 Å². The highest BCUT2D eigenvalue weighted by Crippen LogP contribution is 2.10. The van der Waals surface area contributed by atoms with E-state index < -0.39 is 11.4 Å². The molecule has 6 heteroatoms. The van der Waals surface area contributed by atoms with Gasteiger partial charge in [0.1, 0.15) is 5.54 Å². The second kappa shape index (κ2) is 5.84. The van der Waals surface area contributed by atoms with E-state index in [9.17, 15) is 14.4 Å². The summed E-state index contributed by atoms with van der Waals surface area (Å²) in [5, 5.41) is 2.56. The van der Waals surface area contributed by atoms with Crippen LogP contribution in [0.15, 0.2) is 0 Å². The molecule has 3 amide bonds. The van der Waals surface area contributed by atoms with Crippen LogP contribution in [0.5, 0.6) is 0 Å². The number of rotatable bonds is 5. The van der Waals surface area contributed by atoms with Crippen molar-refractivity contribution in [2.75, 3.05) is 13.1 Å². The second-order valence-corrected chi connectivity index (χ2v) is 5.13. The van der Waals surface area contributed by atoms with Crippen LogP contribution in [0.3, 0.4) is 0 Å². The zero-order valence-electron chi connectivity index (χ0n) is 11.0. The van der Waals surface area contributed by atoms with Gasteiger partial charge in [0.2, 0.25) is 17.7 Å². The molecule has 0 bridgehead atoms. The normalized spacial score (nSPS) is 16.6. The van der Waals surface area contributed by atoms with Gasteiger partial charge in [0.05, 0.1) is 0 Å². The van der Waals surface area contributed by atoms with Crippen molar-refractivity contribution >= 4 is 17.7 Å². The zero-order valence-corrected chi connectivity index (χ0v) is 11.0. The van der Waals surface area contributed by atoms with E-state index >= 15 is 0 Å². The third kappa shape index (κ3) is 4.01. The van der Waals surface area contributed by atoms with E-state index in [-0.39, 0.29) is 18.2 Å². The number of nitrogens with zero attached hydrogens (tertiary/aromatic N) is 1. The quantitative estimate of drug-likeness (QED) is 0.710. The van der Waals surface area contributed by atoms with Crippen LogP contribution in [-0.4, -0.2) is 41.2 Å². The van der Waals surface area contributed by atoms with Crippen molar-refractivity contribution in [3.05, 3.63) is 0 Å². The van der Waals surface area contributed by atoms with Crippen LogP contribution < -0.4 is 11.1 Å². The first kappa shape index (κ1) is 14.5. The molecule has 6 nitrogen and oxygen atoms in total. The Kier molecular flexibility index (Phi) is 4.69. The van der Waals surface area contributed by atoms with Gasteiger partial charge in [-0.2, -0.15) is 0 Å². The van der Waals surface area contributed by atoms with Crippen LogP contribution in [0, 0.1) is 0 Å². The Bertz CT molecular complexity index is 352. The highest BCUT2D eigenvalue weighted by atomic mass is 16.2. The lowest BCUT2D eigenvalue weighted by Crippen LogP contribution is -2.53. The third-order valence-corrected chi connectivity index (χ3v) is 3.10. The minimum Gasteiger partial charge on any atom is -0.368 e. The van der Waals surface area contributed by atoms with Gasteiger partial charge in [-0.05, 0) is 26.7 Å². The first-order chi connectivity index (χ1) is 8.33. The molecule has 0 saturated carbocycles. The molecule has 1 aliphatic heterocycles. The van der Waals surface area contributed by atoms with E-state index in [4.69, 9.17) is 5.73 Å². The molecule has 0 aromatic rings. The lowest BCUT2D eigenvalue weighted by Gasteiger charge is -2.27. The largest absolute Gasteiger partial charge is 0.368 e. The monoisotopic (exact) mass is 255 g/mol. The summed E-state index contributed by atoms with van der Waals surface area (Å²) < 4.78 is 0. The van der Waals surface area contributed by atoms with Crippen molar-refractivity contribution < 1.29 is 14.4 Å². The van der Waals surface area contributed by atoms with Crippen LogP contribution in [0.4, 0.5) is 0 Å². The first-order valence-corrected chi connectivity index (χ1v) is 6.21. The Balaban J connectivity index is 2.37. The fourth-order valence-electron chi connectivity index (χ4n) is 1.81. The van der Waals surface area contributed by atoms with E-state index in [1.807, 2.05) is 0 Å². The molecule has 0 aromatic carbocycles. The predicted molar refractivity (Wildman–Crippen MR) is 66.5 cm³/mol. The number of likely N-dealkylation sites (tertiary alicyclic amines) is 1. The fourth-order valence-corrected chi connectivity index (χ4v) is 1.81. The SMILES string of the molecule is CC(C)(NC(=O)CCN1CCCCC1=O)C(N)=O. The Hall–Kier alpha value is -1.59. The molecule has 0 radical (unpaired) electrons. The highest BCUT2D eigenvalue weighted by Gasteiger charge is 2.27. The minimum absolute atomic E-state index is 0.100. The molecular formula is C12H21N3O3. The third-order valence-electron chi connectivity index (χ3n) is 3.10. The Morgan fingerprint density at radius 2 is 2.06 bits per heavy atom. The predicted octanol–water partition coefficient (Wildman–Crippen LogP) is -0.231. The molecule has 1 saturated heterocycles. The van der Waals surface area contributed by atoms with Crippen LogP contribution in [0.25, 0.3) is 0 Å². The molecule has 0 aliphatic carbocycles. The summed E-state index contributed by atoms with van der Waals surface area (Å²) in [4.78, 5) is 35.9. The van der Waals surface area contributed by atoms with Crippen LogP contribution >= 0.6 is 0 Å². The van der Waals surface area contributed by atoms with Gasteiger partial charge in [0.25, 0.3) is 0 Å². The molecule has 102 valence electrons. The van der Waals surface area contributed by atoms with E-state index in [1.165, 1.54) is 0 Å². The summed E-state index contributed by atoms with van der Waals surface area (Å²) >= 11 is 0. The number of piperidine rings is 1. The summed E-state index contributed by atoms with van der Waals surface area (Å²) in [7, 11) is 0. The Morgan fingerprint density at radius 3 is 2.61 bits per heavy atom. The van der Waals surface area contributed by atoms with Crippen LogP contribution in [-0.2, 0) is 14.4 Å². The number of nitrogens with one attached hydrogen (secondary N) is 1. The minimum atomic E-state index is -1.05. The number of amides is 3. The Morgan fingerprint density at radius 1 is 1.39 bits per heavy atom. The molecule has 3 N–H and O–H groups in total. The standard InChI is InChI=1S/C12H21N3O3/c1-12(2,11(13)18)14-9(16)6-8-15-7-4-3-5-10(15)17/h3-8H2,1-2H3,(H2,13,18)(H,14,16). The van der Waals surface area contributed by atoms with Crippen molar-refractivity contribution in [2.45, 2.75) is 45.1 Å². The number of carbonyl (C=O) groups excluding carboxylic acids is 3. The van der Waals surface area contributed by atoms with Gasteiger partial charge < -0.3 is 16.0 Å². The molecule has 18 heavy (non-hydrogen) atoms. The van der Waals surface area contributed by atoms with Gasteiger partial charge in [-0.15, -0.1) is 0 Å². The summed E-state index contributed by atoms with van der Waals surface area (Å²) in [5.74, 6) is -0.745. The average Bonchev–Trinajstić information content (AvgIpc) is 2.27. The van der Waals surface area contributed by atoms with Gasteiger partial charge in [-0.3, -0.25) is 14.4 Å². The number of primary amides is 1. The first-order valence-electron chi connectivity index (χ1n) is 6.21. The fraction of sp³-hybridized carbons (Fsp3) is 0.750. The van der Waals surface area contributed by atoms with Crippen LogP contribution in [0.2, 0.25) is 0 Å². The second-order valence-electron chi connectivity index (χ2n) is 5.13. The van der Waals surface area contributed by atoms with E-state index in [0.717, 1.165) is 12.8 Å². The molecule has 0 spiro atoms. The van der Waals surface area contributed by atoms with Crippen molar-refractivity contribution in [1.29, 1.82) is 0 Å². The molecule has 0 atom stereocenters. The van der Waals surface area contributed by atoms with Crippen molar-refractivity contribution in [3.8, 4) is 0 Å². The number of nitrogens with two attached hydrogens (primary N) is 1. The number of hydrogen-bond acceptors (Lipinski definition) is 3. The lowest BCUT2D eigenvalue weighted by molar-refractivity contribution is -0.135. The van der Waals surface area contributed by atoms with Crippen molar-refractivity contribution in [3.63, 3.8) is 0 Å². The highest BCUT2D eigenvalue weighted by molar-refractivity contribution is 5.89. The molecule has 0 aromatic heterocycles. The molecule has 1 rings (SSSR count). The summed E-state index contributed by atoms with van der Waals surface area (Å²) in [5.41, 5.74) is 4.11. The van der Waals surface area contributed by atoms with E-state index in [0.29, 0.717) is 19.5 Å². The molecule has 1 fully saturated rings. The number of carbonyl (C=O) groups is 3. The maximum Gasteiger partial charge on any atom is 0.242 e. The average molecular weight is 255 g/mol. The molecule has 1 aliphatic rings.